The van der Waals surface area contributed by atoms with E-state index in [0.29, 0.717) is 15.1 Å². The fourth-order valence-electron chi connectivity index (χ4n) is 1.50. The maximum absolute atomic E-state index is 12.1. The molecule has 0 aliphatic carbocycles. The summed E-state index contributed by atoms with van der Waals surface area (Å²) in [6.45, 7) is 0.0811. The summed E-state index contributed by atoms with van der Waals surface area (Å²) in [5.74, 6) is 0.725. The maximum atomic E-state index is 12.1. The van der Waals surface area contributed by atoms with Crippen molar-refractivity contribution in [3.05, 3.63) is 38.9 Å². The monoisotopic (exact) mass is 365 g/mol. The average molecular weight is 366 g/mol. The second-order valence-corrected chi connectivity index (χ2v) is 7.93. The summed E-state index contributed by atoms with van der Waals surface area (Å²) in [7, 11) is -3.57. The number of hydrogen-bond donors (Lipinski definition) is 2. The first-order valence-corrected chi connectivity index (χ1v) is 8.53. The van der Waals surface area contributed by atoms with Crippen LogP contribution in [0.15, 0.2) is 37.6 Å². The number of hydrogen-bond acceptors (Lipinski definition) is 5. The van der Waals surface area contributed by atoms with Crippen LogP contribution in [0.3, 0.4) is 0 Å². The third kappa shape index (κ3) is 3.67. The van der Waals surface area contributed by atoms with Crippen molar-refractivity contribution in [2.24, 2.45) is 0 Å². The van der Waals surface area contributed by atoms with Crippen LogP contribution in [0.4, 0.5) is 0 Å². The molecule has 2 N–H and O–H groups in total. The predicted octanol–water partition coefficient (Wildman–Crippen LogP) is 2.12. The quantitative estimate of drug-likeness (QED) is 0.821. The van der Waals surface area contributed by atoms with Crippen LogP contribution < -0.4 is 4.72 Å². The van der Waals surface area contributed by atoms with E-state index in [4.69, 9.17) is 9.52 Å². The number of sulfonamides is 1. The Morgan fingerprint density at radius 3 is 2.84 bits per heavy atom. The molecular formula is C11H12BrNO4S2. The predicted molar refractivity (Wildman–Crippen MR) is 75.5 cm³/mol. The molecule has 0 unspecified atom stereocenters. The lowest BCUT2D eigenvalue weighted by Gasteiger charge is -2.04. The van der Waals surface area contributed by atoms with Crippen molar-refractivity contribution >= 4 is 37.3 Å². The van der Waals surface area contributed by atoms with E-state index in [1.165, 1.54) is 17.4 Å². The van der Waals surface area contributed by atoms with E-state index in [-0.39, 0.29) is 18.0 Å². The van der Waals surface area contributed by atoms with Crippen molar-refractivity contribution in [2.75, 3.05) is 6.54 Å². The molecule has 0 spiro atoms. The van der Waals surface area contributed by atoms with Gasteiger partial charge in [0.25, 0.3) is 0 Å². The Labute approximate surface area is 123 Å². The molecule has 5 nitrogen and oxygen atoms in total. The number of aliphatic hydroxyl groups is 1. The fourth-order valence-corrected chi connectivity index (χ4v) is 5.07. The first kappa shape index (κ1) is 14.7. The molecule has 104 valence electrons. The molecule has 8 heteroatoms. The van der Waals surface area contributed by atoms with Gasteiger partial charge < -0.3 is 9.52 Å². The number of nitrogens with one attached hydrogen (secondary N) is 1. The number of thiophene rings is 1. The van der Waals surface area contributed by atoms with Crippen molar-refractivity contribution in [3.63, 3.8) is 0 Å². The van der Waals surface area contributed by atoms with E-state index in [9.17, 15) is 8.42 Å². The van der Waals surface area contributed by atoms with E-state index < -0.39 is 10.0 Å². The van der Waals surface area contributed by atoms with E-state index in [0.717, 1.165) is 5.76 Å². The SMILES string of the molecule is O=S(=O)(NCCc1ccco1)c1cc(CO)sc1Br. The molecule has 2 aromatic rings. The molecule has 0 fully saturated rings. The van der Waals surface area contributed by atoms with Crippen LogP contribution in [-0.2, 0) is 23.1 Å². The van der Waals surface area contributed by atoms with Crippen LogP contribution in [0.25, 0.3) is 0 Å². The van der Waals surface area contributed by atoms with Gasteiger partial charge in [-0.2, -0.15) is 0 Å². The molecule has 2 aromatic heterocycles. The van der Waals surface area contributed by atoms with Gasteiger partial charge in [-0.1, -0.05) is 0 Å². The zero-order valence-electron chi connectivity index (χ0n) is 9.80. The molecule has 2 rings (SSSR count). The highest BCUT2D eigenvalue weighted by atomic mass is 79.9. The second kappa shape index (κ2) is 6.19. The van der Waals surface area contributed by atoms with Crippen molar-refractivity contribution < 1.29 is 17.9 Å². The minimum atomic E-state index is -3.57. The van der Waals surface area contributed by atoms with Crippen LogP contribution in [0, 0.1) is 0 Å². The Kier molecular flexibility index (Phi) is 4.80. The van der Waals surface area contributed by atoms with Crippen molar-refractivity contribution in [3.8, 4) is 0 Å². The summed E-state index contributed by atoms with van der Waals surface area (Å²) < 4.78 is 32.2. The molecule has 0 bridgehead atoms. The molecule has 0 atom stereocenters. The van der Waals surface area contributed by atoms with Crippen LogP contribution in [0.5, 0.6) is 0 Å². The molecule has 0 aliphatic heterocycles. The zero-order valence-corrected chi connectivity index (χ0v) is 13.0. The number of aliphatic hydroxyl groups excluding tert-OH is 1. The smallest absolute Gasteiger partial charge is 0.242 e. The molecular weight excluding hydrogens is 354 g/mol. The van der Waals surface area contributed by atoms with Gasteiger partial charge in [0.1, 0.15) is 10.7 Å². The Morgan fingerprint density at radius 1 is 1.47 bits per heavy atom. The summed E-state index contributed by atoms with van der Waals surface area (Å²) >= 11 is 4.40. The molecule has 0 radical (unpaired) electrons. The minimum Gasteiger partial charge on any atom is -0.469 e. The van der Waals surface area contributed by atoms with Crippen molar-refractivity contribution in [2.45, 2.75) is 17.9 Å². The zero-order chi connectivity index (χ0) is 13.9. The van der Waals surface area contributed by atoms with Gasteiger partial charge in [0.05, 0.1) is 16.7 Å². The molecule has 19 heavy (non-hydrogen) atoms. The van der Waals surface area contributed by atoms with Crippen LogP contribution in [0.2, 0.25) is 0 Å². The minimum absolute atomic E-state index is 0.154. The maximum Gasteiger partial charge on any atom is 0.242 e. The summed E-state index contributed by atoms with van der Waals surface area (Å²) in [6.07, 6.45) is 2.04. The molecule has 0 aliphatic rings. The van der Waals surface area contributed by atoms with Gasteiger partial charge in [0, 0.05) is 17.8 Å². The fraction of sp³-hybridized carbons (Fsp3) is 0.273. The van der Waals surface area contributed by atoms with E-state index >= 15 is 0 Å². The largest absolute Gasteiger partial charge is 0.469 e. The van der Waals surface area contributed by atoms with Gasteiger partial charge in [-0.3, -0.25) is 0 Å². The molecule has 0 amide bonds. The lowest BCUT2D eigenvalue weighted by atomic mass is 10.3. The van der Waals surface area contributed by atoms with Crippen molar-refractivity contribution in [1.29, 1.82) is 0 Å². The van der Waals surface area contributed by atoms with E-state index in [1.54, 1.807) is 18.4 Å². The standard InChI is InChI=1S/C11H12BrNO4S2/c12-11-10(6-9(7-14)18-11)19(15,16)13-4-3-8-2-1-5-17-8/h1-2,5-6,13-14H,3-4,7H2. The van der Waals surface area contributed by atoms with Crippen LogP contribution in [-0.4, -0.2) is 20.1 Å². The number of rotatable bonds is 6. The highest BCUT2D eigenvalue weighted by molar-refractivity contribution is 9.11. The first-order chi connectivity index (χ1) is 9.03. The van der Waals surface area contributed by atoms with Gasteiger partial charge in [-0.15, -0.1) is 11.3 Å². The molecule has 0 saturated carbocycles. The highest BCUT2D eigenvalue weighted by Gasteiger charge is 2.20. The highest BCUT2D eigenvalue weighted by Crippen LogP contribution is 2.31. The normalized spacial score (nSPS) is 11.9. The summed E-state index contributed by atoms with van der Waals surface area (Å²) in [5, 5.41) is 9.00. The molecule has 0 aromatic carbocycles. The first-order valence-electron chi connectivity index (χ1n) is 5.44. The Morgan fingerprint density at radius 2 is 2.26 bits per heavy atom. The Balaban J connectivity index is 2.03. The third-order valence-electron chi connectivity index (χ3n) is 2.40. The van der Waals surface area contributed by atoms with Gasteiger partial charge in [-0.25, -0.2) is 13.1 Å². The molecule has 2 heterocycles. The third-order valence-corrected chi connectivity index (χ3v) is 6.09. The second-order valence-electron chi connectivity index (χ2n) is 3.74. The summed E-state index contributed by atoms with van der Waals surface area (Å²) in [4.78, 5) is 0.749. The Bertz CT molecular complexity index is 634. The van der Waals surface area contributed by atoms with Gasteiger partial charge in [0.15, 0.2) is 0 Å². The Hall–Kier alpha value is -0.670. The average Bonchev–Trinajstić information content (AvgIpc) is 2.98. The van der Waals surface area contributed by atoms with Crippen LogP contribution >= 0.6 is 27.3 Å². The number of halogens is 1. The van der Waals surface area contributed by atoms with Crippen LogP contribution in [0.1, 0.15) is 10.6 Å². The number of furan rings is 1. The van der Waals surface area contributed by atoms with E-state index in [2.05, 4.69) is 20.7 Å². The van der Waals surface area contributed by atoms with Gasteiger partial charge in [-0.05, 0) is 34.1 Å². The van der Waals surface area contributed by atoms with Gasteiger partial charge in [0.2, 0.25) is 10.0 Å². The lowest BCUT2D eigenvalue weighted by Crippen LogP contribution is -2.25. The molecule has 0 saturated heterocycles. The topological polar surface area (TPSA) is 79.5 Å². The van der Waals surface area contributed by atoms with Gasteiger partial charge >= 0.3 is 0 Å². The summed E-state index contributed by atoms with van der Waals surface area (Å²) in [5.41, 5.74) is 0. The lowest BCUT2D eigenvalue weighted by molar-refractivity contribution is 0.285. The summed E-state index contributed by atoms with van der Waals surface area (Å²) in [6, 6.07) is 5.01. The van der Waals surface area contributed by atoms with E-state index in [1.807, 2.05) is 0 Å². The van der Waals surface area contributed by atoms with Crippen molar-refractivity contribution in [1.82, 2.24) is 4.72 Å².